The van der Waals surface area contributed by atoms with Crippen LogP contribution in [0.2, 0.25) is 0 Å². The van der Waals surface area contributed by atoms with E-state index in [0.717, 1.165) is 13.3 Å². The molecule has 1 nitrogen and oxygen atoms in total. The molecule has 14 heavy (non-hydrogen) atoms. The van der Waals surface area contributed by atoms with Gasteiger partial charge in [0, 0.05) is 0 Å². The Bertz CT molecular complexity index is 271. The van der Waals surface area contributed by atoms with Gasteiger partial charge in [-0.15, -0.1) is 0 Å². The fourth-order valence-electron chi connectivity index (χ4n) is 3.31. The summed E-state index contributed by atoms with van der Waals surface area (Å²) in [6.07, 6.45) is -2.27. The highest BCUT2D eigenvalue weighted by atomic mass is 19.4. The summed E-state index contributed by atoms with van der Waals surface area (Å²) < 4.78 is 38.7. The lowest BCUT2D eigenvalue weighted by molar-refractivity contribution is -0.233. The predicted octanol–water partition coefficient (Wildman–Crippen LogP) is 2.94. The molecule has 2 aliphatic carbocycles. The van der Waals surface area contributed by atoms with Gasteiger partial charge in [0.15, 0.2) is 0 Å². The van der Waals surface area contributed by atoms with Crippen LogP contribution in [0.1, 0.15) is 32.6 Å². The molecule has 0 heterocycles. The van der Waals surface area contributed by atoms with Gasteiger partial charge in [0.2, 0.25) is 0 Å². The Morgan fingerprint density at radius 3 is 2.21 bits per heavy atom. The predicted molar refractivity (Wildman–Crippen MR) is 44.6 cm³/mol. The summed E-state index contributed by atoms with van der Waals surface area (Å²) in [5.74, 6) is -0.993. The normalized spacial score (nSPS) is 41.7. The summed E-state index contributed by atoms with van der Waals surface area (Å²) >= 11 is 0. The maximum absolute atomic E-state index is 12.9. The van der Waals surface area contributed by atoms with Crippen LogP contribution in [0.3, 0.4) is 0 Å². The number of hydrogen-bond donors (Lipinski definition) is 0. The van der Waals surface area contributed by atoms with Crippen LogP contribution >= 0.6 is 0 Å². The number of halogens is 3. The molecule has 2 aliphatic rings. The molecule has 80 valence electrons. The summed E-state index contributed by atoms with van der Waals surface area (Å²) in [5.41, 5.74) is -1.99. The molecule has 2 bridgehead atoms. The van der Waals surface area contributed by atoms with Crippen molar-refractivity contribution in [1.29, 1.82) is 0 Å². The van der Waals surface area contributed by atoms with Gasteiger partial charge in [-0.1, -0.05) is 6.42 Å². The first-order chi connectivity index (χ1) is 6.38. The van der Waals surface area contributed by atoms with Crippen molar-refractivity contribution < 1.29 is 18.0 Å². The second-order valence-corrected chi connectivity index (χ2v) is 4.61. The maximum atomic E-state index is 12.9. The van der Waals surface area contributed by atoms with Crippen molar-refractivity contribution in [1.82, 2.24) is 0 Å². The molecule has 0 amide bonds. The van der Waals surface area contributed by atoms with Crippen LogP contribution in [-0.4, -0.2) is 12.0 Å². The Morgan fingerprint density at radius 2 is 2.00 bits per heavy atom. The Balaban J connectivity index is 2.39. The van der Waals surface area contributed by atoms with Gasteiger partial charge < -0.3 is 0 Å². The maximum Gasteiger partial charge on any atom is 0.401 e. The highest BCUT2D eigenvalue weighted by Gasteiger charge is 2.67. The summed E-state index contributed by atoms with van der Waals surface area (Å²) in [6.45, 7) is 1.09. The third-order valence-electron chi connectivity index (χ3n) is 3.98. The van der Waals surface area contributed by atoms with Crippen molar-refractivity contribution in [3.05, 3.63) is 0 Å². The minimum absolute atomic E-state index is 0.0382. The monoisotopic (exact) mass is 206 g/mol. The number of fused-ring (bicyclic) bond motifs is 2. The Morgan fingerprint density at radius 1 is 1.36 bits per heavy atom. The Kier molecular flexibility index (Phi) is 1.95. The van der Waals surface area contributed by atoms with E-state index in [-0.39, 0.29) is 12.3 Å². The van der Waals surface area contributed by atoms with E-state index in [1.807, 2.05) is 0 Å². The van der Waals surface area contributed by atoms with Crippen LogP contribution in [0.25, 0.3) is 0 Å². The van der Waals surface area contributed by atoms with Gasteiger partial charge in [-0.2, -0.15) is 13.2 Å². The molecule has 2 saturated carbocycles. The van der Waals surface area contributed by atoms with Crippen molar-refractivity contribution in [2.24, 2.45) is 17.3 Å². The van der Waals surface area contributed by atoms with Crippen molar-refractivity contribution in [2.45, 2.75) is 38.8 Å². The van der Waals surface area contributed by atoms with Crippen molar-refractivity contribution in [2.75, 3.05) is 0 Å². The molecule has 0 aliphatic heterocycles. The fraction of sp³-hybridized carbons (Fsp3) is 0.900. The average molecular weight is 206 g/mol. The number of ketones is 1. The van der Waals surface area contributed by atoms with Gasteiger partial charge in [0.05, 0.1) is 0 Å². The van der Waals surface area contributed by atoms with E-state index < -0.39 is 23.3 Å². The Labute approximate surface area is 80.7 Å². The standard InChI is InChI=1S/C10H13F3O/c1-6(14)9(10(11,12)13)5-7-2-3-8(9)4-7/h7-8H,2-5H2,1H3. The molecule has 2 rings (SSSR count). The average Bonchev–Trinajstić information content (AvgIpc) is 2.59. The minimum Gasteiger partial charge on any atom is -0.299 e. The van der Waals surface area contributed by atoms with Crippen LogP contribution in [0.4, 0.5) is 13.2 Å². The lowest BCUT2D eigenvalue weighted by atomic mass is 9.70. The van der Waals surface area contributed by atoms with Gasteiger partial charge in [0.1, 0.15) is 11.2 Å². The van der Waals surface area contributed by atoms with Crippen molar-refractivity contribution in [3.8, 4) is 0 Å². The topological polar surface area (TPSA) is 17.1 Å². The van der Waals surface area contributed by atoms with Crippen LogP contribution in [-0.2, 0) is 4.79 Å². The van der Waals surface area contributed by atoms with Gasteiger partial charge in [-0.3, -0.25) is 4.79 Å². The van der Waals surface area contributed by atoms with E-state index in [0.29, 0.717) is 12.8 Å². The molecule has 0 N–H and O–H groups in total. The number of hydrogen-bond acceptors (Lipinski definition) is 1. The third kappa shape index (κ3) is 1.06. The van der Waals surface area contributed by atoms with Crippen molar-refractivity contribution in [3.63, 3.8) is 0 Å². The number of Topliss-reactive ketones (excluding diaryl/α,β-unsaturated/α-hetero) is 1. The molecule has 0 aromatic heterocycles. The lowest BCUT2D eigenvalue weighted by Gasteiger charge is -2.36. The number of alkyl halides is 3. The van der Waals surface area contributed by atoms with Crippen LogP contribution in [0.15, 0.2) is 0 Å². The SMILES string of the molecule is CC(=O)C1(C(F)(F)F)CC2CCC1C2. The number of carbonyl (C=O) groups is 1. The van der Waals surface area contributed by atoms with E-state index >= 15 is 0 Å². The van der Waals surface area contributed by atoms with Crippen LogP contribution in [0.5, 0.6) is 0 Å². The zero-order chi connectivity index (χ0) is 10.6. The van der Waals surface area contributed by atoms with Crippen LogP contribution in [0, 0.1) is 17.3 Å². The molecule has 0 radical (unpaired) electrons. The zero-order valence-electron chi connectivity index (χ0n) is 8.03. The summed E-state index contributed by atoms with van der Waals surface area (Å²) in [6, 6.07) is 0. The first-order valence-corrected chi connectivity index (χ1v) is 4.95. The molecule has 0 saturated heterocycles. The molecule has 0 aromatic rings. The summed E-state index contributed by atoms with van der Waals surface area (Å²) in [5, 5.41) is 0. The quantitative estimate of drug-likeness (QED) is 0.644. The van der Waals surface area contributed by atoms with E-state index in [9.17, 15) is 18.0 Å². The first kappa shape index (κ1) is 9.99. The lowest BCUT2D eigenvalue weighted by Crippen LogP contribution is -2.47. The van der Waals surface area contributed by atoms with E-state index in [1.54, 1.807) is 0 Å². The highest BCUT2D eigenvalue weighted by molar-refractivity contribution is 5.84. The van der Waals surface area contributed by atoms with E-state index in [1.165, 1.54) is 0 Å². The molecular formula is C10H13F3O. The molecule has 0 aromatic carbocycles. The molecule has 4 heteroatoms. The van der Waals surface area contributed by atoms with Gasteiger partial charge in [0.25, 0.3) is 0 Å². The van der Waals surface area contributed by atoms with Gasteiger partial charge >= 0.3 is 6.18 Å². The summed E-state index contributed by atoms with van der Waals surface area (Å²) in [7, 11) is 0. The fourth-order valence-corrected chi connectivity index (χ4v) is 3.31. The highest BCUT2D eigenvalue weighted by Crippen LogP contribution is 2.62. The van der Waals surface area contributed by atoms with E-state index in [4.69, 9.17) is 0 Å². The molecule has 2 fully saturated rings. The molecule has 3 atom stereocenters. The minimum atomic E-state index is -4.35. The second kappa shape index (κ2) is 2.74. The third-order valence-corrected chi connectivity index (χ3v) is 3.98. The molecule has 0 spiro atoms. The van der Waals surface area contributed by atoms with Gasteiger partial charge in [-0.25, -0.2) is 0 Å². The van der Waals surface area contributed by atoms with Crippen molar-refractivity contribution >= 4 is 5.78 Å². The summed E-state index contributed by atoms with van der Waals surface area (Å²) in [4.78, 5) is 11.3. The van der Waals surface area contributed by atoms with Crippen LogP contribution < -0.4 is 0 Å². The van der Waals surface area contributed by atoms with Gasteiger partial charge in [-0.05, 0) is 38.0 Å². The number of rotatable bonds is 1. The first-order valence-electron chi connectivity index (χ1n) is 4.95. The molecular weight excluding hydrogens is 193 g/mol. The van der Waals surface area contributed by atoms with E-state index in [2.05, 4.69) is 0 Å². The molecule has 3 unspecified atom stereocenters. The smallest absolute Gasteiger partial charge is 0.299 e. The zero-order valence-corrected chi connectivity index (χ0v) is 8.03. The number of carbonyl (C=O) groups excluding carboxylic acids is 1. The Hall–Kier alpha value is -0.540. The second-order valence-electron chi connectivity index (χ2n) is 4.61. The largest absolute Gasteiger partial charge is 0.401 e.